The molecular weight excluding hydrogens is 376 g/mol. The fraction of sp³-hybridized carbons (Fsp3) is 0.733. The second-order valence-electron chi connectivity index (χ2n) is 12.6. The van der Waals surface area contributed by atoms with Gasteiger partial charge in [0.25, 0.3) is 0 Å². The molecule has 0 N–H and O–H groups in total. The zero-order valence-electron chi connectivity index (χ0n) is 20.1. The third kappa shape index (κ3) is 2.65. The highest BCUT2D eigenvalue weighted by molar-refractivity contribution is 5.49. The molecule has 1 spiro atoms. The maximum Gasteiger partial charge on any atom is 0.0638 e. The molecule has 10 atom stereocenters. The van der Waals surface area contributed by atoms with Crippen molar-refractivity contribution in [2.75, 3.05) is 7.11 Å². The molecule has 0 unspecified atom stereocenters. The lowest BCUT2D eigenvalue weighted by molar-refractivity contribution is -0.160. The number of hydrogen-bond donors (Lipinski definition) is 0. The largest absolute Gasteiger partial charge is 0.381 e. The van der Waals surface area contributed by atoms with E-state index < -0.39 is 0 Å². The van der Waals surface area contributed by atoms with Gasteiger partial charge in [0.05, 0.1) is 6.10 Å². The molecule has 6 rings (SSSR count). The maximum absolute atomic E-state index is 6.30. The molecular formula is C30H42O. The van der Waals surface area contributed by atoms with Crippen LogP contribution >= 0.6 is 0 Å². The lowest BCUT2D eigenvalue weighted by atomic mass is 9.45. The van der Waals surface area contributed by atoms with E-state index in [0.29, 0.717) is 28.3 Å². The molecule has 31 heavy (non-hydrogen) atoms. The summed E-state index contributed by atoms with van der Waals surface area (Å²) in [6, 6.07) is 10.9. The van der Waals surface area contributed by atoms with Crippen molar-refractivity contribution in [3.05, 3.63) is 42.0 Å². The Balaban J connectivity index is 1.26. The van der Waals surface area contributed by atoms with E-state index in [2.05, 4.69) is 63.3 Å². The van der Waals surface area contributed by atoms with Crippen molar-refractivity contribution in [3.63, 3.8) is 0 Å². The van der Waals surface area contributed by atoms with Crippen LogP contribution in [0.5, 0.6) is 0 Å². The van der Waals surface area contributed by atoms with Crippen molar-refractivity contribution in [2.45, 2.75) is 78.2 Å². The van der Waals surface area contributed by atoms with Gasteiger partial charge in [-0.3, -0.25) is 0 Å². The third-order valence-electron chi connectivity index (χ3n) is 11.9. The molecule has 0 saturated heterocycles. The van der Waals surface area contributed by atoms with Crippen LogP contribution in [0.25, 0.3) is 6.08 Å². The molecule has 0 aromatic heterocycles. The Morgan fingerprint density at radius 1 is 1.00 bits per heavy atom. The summed E-state index contributed by atoms with van der Waals surface area (Å²) in [6.07, 6.45) is 17.0. The smallest absolute Gasteiger partial charge is 0.0638 e. The Morgan fingerprint density at radius 2 is 1.81 bits per heavy atom. The Labute approximate surface area is 190 Å². The lowest BCUT2D eigenvalue weighted by Crippen LogP contribution is -2.57. The summed E-state index contributed by atoms with van der Waals surface area (Å²) in [6.45, 7) is 7.87. The van der Waals surface area contributed by atoms with Gasteiger partial charge in [0.2, 0.25) is 0 Å². The fourth-order valence-corrected chi connectivity index (χ4v) is 10.4. The summed E-state index contributed by atoms with van der Waals surface area (Å²) < 4.78 is 6.30. The van der Waals surface area contributed by atoms with Gasteiger partial charge in [0, 0.05) is 12.5 Å². The Hall–Kier alpha value is -1.08. The van der Waals surface area contributed by atoms with Gasteiger partial charge in [-0.05, 0) is 103 Å². The number of methoxy groups -OCH3 is 1. The van der Waals surface area contributed by atoms with Crippen molar-refractivity contribution in [2.24, 2.45) is 51.8 Å². The molecule has 1 nitrogen and oxygen atoms in total. The van der Waals surface area contributed by atoms with E-state index in [-0.39, 0.29) is 0 Å². The van der Waals surface area contributed by atoms with E-state index in [4.69, 9.17) is 4.74 Å². The highest BCUT2D eigenvalue weighted by Gasteiger charge is 2.77. The van der Waals surface area contributed by atoms with Crippen LogP contribution < -0.4 is 0 Å². The summed E-state index contributed by atoms with van der Waals surface area (Å²) in [5.41, 5.74) is 2.97. The maximum atomic E-state index is 6.30. The highest BCUT2D eigenvalue weighted by atomic mass is 16.5. The van der Waals surface area contributed by atoms with E-state index in [0.717, 1.165) is 29.6 Å². The minimum absolute atomic E-state index is 0.516. The van der Waals surface area contributed by atoms with Crippen molar-refractivity contribution in [3.8, 4) is 0 Å². The number of fused-ring (bicyclic) bond motifs is 4. The van der Waals surface area contributed by atoms with Crippen LogP contribution in [-0.4, -0.2) is 13.2 Å². The van der Waals surface area contributed by atoms with E-state index in [9.17, 15) is 0 Å². The third-order valence-corrected chi connectivity index (χ3v) is 11.9. The monoisotopic (exact) mass is 418 g/mol. The molecule has 5 fully saturated rings. The summed E-state index contributed by atoms with van der Waals surface area (Å²) in [5.74, 6) is 5.24. The predicted octanol–water partition coefficient (Wildman–Crippen LogP) is 7.62. The van der Waals surface area contributed by atoms with Gasteiger partial charge in [-0.25, -0.2) is 0 Å². The van der Waals surface area contributed by atoms with Crippen molar-refractivity contribution in [1.29, 1.82) is 0 Å². The number of rotatable bonds is 4. The molecule has 168 valence electrons. The van der Waals surface area contributed by atoms with Crippen LogP contribution in [-0.2, 0) is 4.74 Å². The van der Waals surface area contributed by atoms with E-state index in [1.165, 1.54) is 56.9 Å². The van der Waals surface area contributed by atoms with Gasteiger partial charge in [0.1, 0.15) is 0 Å². The predicted molar refractivity (Wildman–Crippen MR) is 128 cm³/mol. The van der Waals surface area contributed by atoms with E-state index >= 15 is 0 Å². The number of benzene rings is 1. The molecule has 5 saturated carbocycles. The average Bonchev–Trinajstić information content (AvgIpc) is 3.29. The molecule has 0 amide bonds. The molecule has 1 aromatic carbocycles. The molecule has 0 heterocycles. The first-order chi connectivity index (χ1) is 14.9. The molecule has 0 radical (unpaired) electrons. The Bertz CT molecular complexity index is 858. The minimum atomic E-state index is 0.516. The summed E-state index contributed by atoms with van der Waals surface area (Å²) in [7, 11) is 2.02. The lowest BCUT2D eigenvalue weighted by Gasteiger charge is -2.61. The summed E-state index contributed by atoms with van der Waals surface area (Å²) >= 11 is 0. The van der Waals surface area contributed by atoms with Gasteiger partial charge in [-0.1, -0.05) is 63.3 Å². The number of hydrogen-bond acceptors (Lipinski definition) is 1. The van der Waals surface area contributed by atoms with Crippen molar-refractivity contribution in [1.82, 2.24) is 0 Å². The molecule has 5 aliphatic rings. The molecule has 0 aliphatic heterocycles. The molecule has 1 heteroatoms. The summed E-state index contributed by atoms with van der Waals surface area (Å²) in [4.78, 5) is 0. The summed E-state index contributed by atoms with van der Waals surface area (Å²) in [5, 5.41) is 0. The van der Waals surface area contributed by atoms with Crippen LogP contribution in [0.2, 0.25) is 0 Å². The standard InChI is InChI=1S/C30H42O/c1-20(10-11-21-8-6-5-7-9-21)24-12-13-25-23-18-27(31-4)30-19-22(30)14-17-29(30,3)26(23)15-16-28(24,25)2/h5-11,20,22-27H,12-19H2,1-4H3/b11-10-/t20-,22-,23+,24-,25+,26+,27-,28-,29-,30+/m1/s1. The number of allylic oxidation sites excluding steroid dienone is 1. The SMILES string of the molecule is CO[C@@H]1C[C@H]2[C@@H]3CC[C@H]([C@H](C)/C=C\c4ccccc4)[C@@]3(C)CC[C@@H]2[C@@]2(C)CC[C@@H]3C[C@]312. The van der Waals surface area contributed by atoms with Gasteiger partial charge in [0.15, 0.2) is 0 Å². The highest BCUT2D eigenvalue weighted by Crippen LogP contribution is 2.82. The van der Waals surface area contributed by atoms with Crippen LogP contribution in [0.15, 0.2) is 36.4 Å². The van der Waals surface area contributed by atoms with Crippen molar-refractivity contribution < 1.29 is 4.74 Å². The van der Waals surface area contributed by atoms with E-state index in [1.807, 2.05) is 7.11 Å². The second-order valence-corrected chi connectivity index (χ2v) is 12.6. The zero-order valence-corrected chi connectivity index (χ0v) is 20.1. The fourth-order valence-electron chi connectivity index (χ4n) is 10.4. The molecule has 5 aliphatic carbocycles. The first-order valence-electron chi connectivity index (χ1n) is 13.2. The van der Waals surface area contributed by atoms with Gasteiger partial charge < -0.3 is 4.74 Å². The van der Waals surface area contributed by atoms with Crippen LogP contribution in [0, 0.1) is 51.8 Å². The first-order valence-corrected chi connectivity index (χ1v) is 13.2. The Morgan fingerprint density at radius 3 is 2.55 bits per heavy atom. The van der Waals surface area contributed by atoms with Crippen LogP contribution in [0.4, 0.5) is 0 Å². The average molecular weight is 419 g/mol. The van der Waals surface area contributed by atoms with E-state index in [1.54, 1.807) is 0 Å². The zero-order chi connectivity index (χ0) is 21.4. The Kier molecular flexibility index (Phi) is 4.61. The van der Waals surface area contributed by atoms with Gasteiger partial charge in [-0.15, -0.1) is 0 Å². The molecule has 1 aromatic rings. The van der Waals surface area contributed by atoms with Crippen molar-refractivity contribution >= 4 is 6.08 Å². The number of ether oxygens (including phenoxy) is 1. The van der Waals surface area contributed by atoms with Crippen LogP contribution in [0.3, 0.4) is 0 Å². The first kappa shape index (κ1) is 20.5. The second kappa shape index (κ2) is 6.96. The normalized spacial score (nSPS) is 51.1. The topological polar surface area (TPSA) is 9.23 Å². The van der Waals surface area contributed by atoms with Crippen LogP contribution in [0.1, 0.15) is 77.7 Å². The van der Waals surface area contributed by atoms with Gasteiger partial charge in [-0.2, -0.15) is 0 Å². The minimum Gasteiger partial charge on any atom is -0.381 e. The quantitative estimate of drug-likeness (QED) is 0.488. The molecule has 0 bridgehead atoms. The van der Waals surface area contributed by atoms with Gasteiger partial charge >= 0.3 is 0 Å².